The van der Waals surface area contributed by atoms with Gasteiger partial charge in [-0.3, -0.25) is 0 Å². The summed E-state index contributed by atoms with van der Waals surface area (Å²) in [7, 11) is 0. The van der Waals surface area contributed by atoms with Gasteiger partial charge in [-0.05, 0) is 49.1 Å². The number of nitrogens with two attached hydrogens (primary N) is 1. The first kappa shape index (κ1) is 16.4. The van der Waals surface area contributed by atoms with Gasteiger partial charge in [0.2, 0.25) is 11.8 Å². The van der Waals surface area contributed by atoms with E-state index in [1.54, 1.807) is 0 Å². The zero-order valence-corrected chi connectivity index (χ0v) is 14.3. The van der Waals surface area contributed by atoms with Gasteiger partial charge in [-0.15, -0.1) is 10.2 Å². The lowest BCUT2D eigenvalue weighted by Crippen LogP contribution is -2.12. The van der Waals surface area contributed by atoms with E-state index in [2.05, 4.69) is 41.2 Å². The van der Waals surface area contributed by atoms with Crippen LogP contribution < -0.4 is 16.4 Å². The average molecular weight is 351 g/mol. The summed E-state index contributed by atoms with van der Waals surface area (Å²) >= 11 is 0. The highest BCUT2D eigenvalue weighted by Crippen LogP contribution is 2.42. The maximum Gasteiger partial charge on any atom is 0.229 e. The van der Waals surface area contributed by atoms with E-state index in [4.69, 9.17) is 5.73 Å². The van der Waals surface area contributed by atoms with E-state index in [0.717, 1.165) is 30.0 Å². The average Bonchev–Trinajstić information content (AvgIpc) is 3.35. The van der Waals surface area contributed by atoms with Crippen LogP contribution in [0.1, 0.15) is 30.7 Å². The Balaban J connectivity index is 1.54. The van der Waals surface area contributed by atoms with Crippen LogP contribution in [0.2, 0.25) is 0 Å². The molecule has 4 rings (SSSR count). The SMILES string of the molecule is NCCCNc1nc(Nc2cccc(-c3nn[nH]n3)c2)ncc1C1CC1. The van der Waals surface area contributed by atoms with Crippen LogP contribution >= 0.6 is 0 Å². The number of hydrogen-bond acceptors (Lipinski definition) is 8. The molecule has 5 N–H and O–H groups in total. The van der Waals surface area contributed by atoms with Gasteiger partial charge in [0.15, 0.2) is 0 Å². The molecule has 3 aromatic rings. The van der Waals surface area contributed by atoms with Crippen molar-refractivity contribution < 1.29 is 0 Å². The third-order valence-corrected chi connectivity index (χ3v) is 4.23. The van der Waals surface area contributed by atoms with E-state index < -0.39 is 0 Å². The van der Waals surface area contributed by atoms with Crippen molar-refractivity contribution in [3.63, 3.8) is 0 Å². The number of aromatic amines is 1. The molecule has 1 saturated carbocycles. The Kier molecular flexibility index (Phi) is 4.69. The van der Waals surface area contributed by atoms with Crippen molar-refractivity contribution in [1.29, 1.82) is 0 Å². The van der Waals surface area contributed by atoms with Crippen molar-refractivity contribution in [2.45, 2.75) is 25.2 Å². The van der Waals surface area contributed by atoms with Crippen molar-refractivity contribution >= 4 is 17.5 Å². The Morgan fingerprint density at radius 3 is 2.96 bits per heavy atom. The minimum absolute atomic E-state index is 0.544. The molecule has 0 spiro atoms. The fourth-order valence-electron chi connectivity index (χ4n) is 2.74. The van der Waals surface area contributed by atoms with Gasteiger partial charge < -0.3 is 16.4 Å². The summed E-state index contributed by atoms with van der Waals surface area (Å²) in [6.07, 6.45) is 5.23. The quantitative estimate of drug-likeness (QED) is 0.454. The maximum absolute atomic E-state index is 5.59. The first-order valence-electron chi connectivity index (χ1n) is 8.75. The molecule has 2 aromatic heterocycles. The molecule has 26 heavy (non-hydrogen) atoms. The Morgan fingerprint density at radius 1 is 1.27 bits per heavy atom. The number of H-pyrrole nitrogens is 1. The van der Waals surface area contributed by atoms with E-state index in [9.17, 15) is 0 Å². The Bertz CT molecular complexity index is 858. The molecular weight excluding hydrogens is 330 g/mol. The molecule has 9 heteroatoms. The van der Waals surface area contributed by atoms with Gasteiger partial charge >= 0.3 is 0 Å². The summed E-state index contributed by atoms with van der Waals surface area (Å²) in [5, 5.41) is 20.7. The highest BCUT2D eigenvalue weighted by molar-refractivity contribution is 5.65. The molecule has 0 unspecified atom stereocenters. The maximum atomic E-state index is 5.59. The van der Waals surface area contributed by atoms with Crippen LogP contribution in [0.5, 0.6) is 0 Å². The van der Waals surface area contributed by atoms with Gasteiger partial charge in [0.05, 0.1) is 0 Å². The molecule has 2 heterocycles. The van der Waals surface area contributed by atoms with E-state index in [0.29, 0.717) is 24.2 Å². The fraction of sp³-hybridized carbons (Fsp3) is 0.353. The van der Waals surface area contributed by atoms with Crippen molar-refractivity contribution in [3.8, 4) is 11.4 Å². The minimum atomic E-state index is 0.544. The van der Waals surface area contributed by atoms with Crippen molar-refractivity contribution in [3.05, 3.63) is 36.0 Å². The zero-order valence-electron chi connectivity index (χ0n) is 14.3. The number of benzene rings is 1. The molecule has 0 aliphatic heterocycles. The van der Waals surface area contributed by atoms with E-state index in [1.165, 1.54) is 18.4 Å². The van der Waals surface area contributed by atoms with Crippen LogP contribution in [0.15, 0.2) is 30.5 Å². The third kappa shape index (κ3) is 3.77. The number of hydrogen-bond donors (Lipinski definition) is 4. The number of nitrogens with zero attached hydrogens (tertiary/aromatic N) is 5. The highest BCUT2D eigenvalue weighted by atomic mass is 15.5. The monoisotopic (exact) mass is 351 g/mol. The normalized spacial score (nSPS) is 13.6. The van der Waals surface area contributed by atoms with E-state index >= 15 is 0 Å². The Hall–Kier alpha value is -3.07. The van der Waals surface area contributed by atoms with E-state index in [1.807, 2.05) is 30.5 Å². The van der Waals surface area contributed by atoms with Gasteiger partial charge in [-0.1, -0.05) is 12.1 Å². The van der Waals surface area contributed by atoms with Crippen LogP contribution in [-0.4, -0.2) is 43.7 Å². The second kappa shape index (κ2) is 7.44. The van der Waals surface area contributed by atoms with Crippen molar-refractivity contribution in [2.24, 2.45) is 5.73 Å². The molecule has 9 nitrogen and oxygen atoms in total. The summed E-state index contributed by atoms with van der Waals surface area (Å²) in [6.45, 7) is 1.46. The molecule has 0 atom stereocenters. The van der Waals surface area contributed by atoms with Gasteiger partial charge in [-0.25, -0.2) is 4.98 Å². The number of aromatic nitrogens is 6. The Morgan fingerprint density at radius 2 is 2.19 bits per heavy atom. The summed E-state index contributed by atoms with van der Waals surface area (Å²) < 4.78 is 0. The van der Waals surface area contributed by atoms with Gasteiger partial charge in [-0.2, -0.15) is 10.2 Å². The summed E-state index contributed by atoms with van der Waals surface area (Å²) in [4.78, 5) is 9.15. The van der Waals surface area contributed by atoms with Crippen molar-refractivity contribution in [2.75, 3.05) is 23.7 Å². The van der Waals surface area contributed by atoms with Gasteiger partial charge in [0.25, 0.3) is 0 Å². The molecule has 1 aromatic carbocycles. The molecule has 0 amide bonds. The summed E-state index contributed by atoms with van der Waals surface area (Å²) in [5.41, 5.74) is 8.50. The highest BCUT2D eigenvalue weighted by Gasteiger charge is 2.27. The fourth-order valence-corrected chi connectivity index (χ4v) is 2.74. The number of anilines is 3. The van der Waals surface area contributed by atoms with Gasteiger partial charge in [0.1, 0.15) is 5.82 Å². The van der Waals surface area contributed by atoms with Crippen LogP contribution in [-0.2, 0) is 0 Å². The number of rotatable bonds is 8. The first-order chi connectivity index (χ1) is 12.8. The molecule has 134 valence electrons. The smallest absolute Gasteiger partial charge is 0.229 e. The number of tetrazole rings is 1. The lowest BCUT2D eigenvalue weighted by molar-refractivity contribution is 0.865. The lowest BCUT2D eigenvalue weighted by Gasteiger charge is -2.12. The standard InChI is InChI=1S/C17H21N9/c18-7-2-8-19-16-14(11-5-6-11)10-20-17(22-16)21-13-4-1-3-12(9-13)15-23-25-26-24-15/h1,3-4,9-11H,2,5-8,18H2,(H2,19,20,21,22)(H,23,24,25,26). The molecule has 1 aliphatic carbocycles. The molecule has 1 aliphatic rings. The van der Waals surface area contributed by atoms with Crippen LogP contribution in [0.3, 0.4) is 0 Å². The largest absolute Gasteiger partial charge is 0.370 e. The lowest BCUT2D eigenvalue weighted by atomic mass is 10.2. The molecule has 0 saturated heterocycles. The predicted molar refractivity (Wildman–Crippen MR) is 99.1 cm³/mol. The minimum Gasteiger partial charge on any atom is -0.370 e. The molecule has 0 bridgehead atoms. The zero-order chi connectivity index (χ0) is 17.8. The summed E-state index contributed by atoms with van der Waals surface area (Å²) in [5.74, 6) is 2.57. The van der Waals surface area contributed by atoms with Crippen LogP contribution in [0.25, 0.3) is 11.4 Å². The first-order valence-corrected chi connectivity index (χ1v) is 8.75. The third-order valence-electron chi connectivity index (χ3n) is 4.23. The second-order valence-corrected chi connectivity index (χ2v) is 6.28. The predicted octanol–water partition coefficient (Wildman–Crippen LogP) is 2.04. The molecule has 0 radical (unpaired) electrons. The molecule has 1 fully saturated rings. The van der Waals surface area contributed by atoms with E-state index in [-0.39, 0.29) is 0 Å². The summed E-state index contributed by atoms with van der Waals surface area (Å²) in [6, 6.07) is 7.73. The van der Waals surface area contributed by atoms with Crippen molar-refractivity contribution in [1.82, 2.24) is 30.6 Å². The topological polar surface area (TPSA) is 130 Å². The number of nitrogens with one attached hydrogen (secondary N) is 3. The Labute approximate surface area is 150 Å². The molecular formula is C17H21N9. The second-order valence-electron chi connectivity index (χ2n) is 6.28. The van der Waals surface area contributed by atoms with Gasteiger partial charge in [0, 0.05) is 29.6 Å². The van der Waals surface area contributed by atoms with Crippen LogP contribution in [0.4, 0.5) is 17.5 Å². The van der Waals surface area contributed by atoms with Crippen LogP contribution in [0, 0.1) is 0 Å².